The van der Waals surface area contributed by atoms with Crippen molar-refractivity contribution in [2.24, 2.45) is 23.7 Å². The van der Waals surface area contributed by atoms with Crippen LogP contribution in [0.2, 0.25) is 0 Å². The predicted octanol–water partition coefficient (Wildman–Crippen LogP) is 10.1. The molecule has 0 aliphatic heterocycles. The zero-order chi connectivity index (χ0) is 34.1. The fourth-order valence-electron chi connectivity index (χ4n) is 5.33. The summed E-state index contributed by atoms with van der Waals surface area (Å²) in [6, 6.07) is 0. The molecule has 0 saturated carbocycles. The van der Waals surface area contributed by atoms with E-state index in [1.54, 1.807) is 6.92 Å². The predicted molar refractivity (Wildman–Crippen MR) is 178 cm³/mol. The maximum absolute atomic E-state index is 12.2. The molecule has 0 atom stereocenters. The van der Waals surface area contributed by atoms with Gasteiger partial charge in [0.25, 0.3) is 0 Å². The SMILES string of the molecule is CCCC(CCC)C(=O)CC(=O)C(CCC)CCC.CCCC(CCC)C(=O)CO.CCCC(CCC)C(C)=O.[2H]CF. The molecule has 0 aromatic rings. The van der Waals surface area contributed by atoms with Gasteiger partial charge in [-0.05, 0) is 58.3 Å². The second-order valence-electron chi connectivity index (χ2n) is 11.4. The van der Waals surface area contributed by atoms with E-state index < -0.39 is 7.15 Å². The van der Waals surface area contributed by atoms with Crippen LogP contribution in [0.4, 0.5) is 4.39 Å². The van der Waals surface area contributed by atoms with E-state index in [0.717, 1.165) is 103 Å². The van der Waals surface area contributed by atoms with Gasteiger partial charge in [-0.25, -0.2) is 0 Å². The minimum absolute atomic E-state index is 0.00806. The zero-order valence-electron chi connectivity index (χ0n) is 30.2. The van der Waals surface area contributed by atoms with Crippen molar-refractivity contribution in [2.45, 2.75) is 171 Å². The highest BCUT2D eigenvalue weighted by molar-refractivity contribution is 6.01. The van der Waals surface area contributed by atoms with Gasteiger partial charge in [0.2, 0.25) is 0 Å². The van der Waals surface area contributed by atoms with Crippen molar-refractivity contribution in [1.82, 2.24) is 0 Å². The van der Waals surface area contributed by atoms with Crippen molar-refractivity contribution in [2.75, 3.05) is 13.8 Å². The Bertz CT molecular complexity index is 606. The quantitative estimate of drug-likeness (QED) is 0.117. The average molecular weight is 604 g/mol. The standard InChI is InChI=1S/C17H32O2.C9H18O2.C9H18O.CH3F/c1-5-9-14(10-6-2)16(18)13-17(19)15(11-7-3)12-8-4;1-3-5-8(6-4-2)9(11)7-10;1-4-6-9(7-5-2)8(3)10;1-2/h14-15H,5-13H2,1-4H3;8,10H,3-7H2,1-2H3;9H,4-7H2,1-3H3;1H3/i;;;1D. The second-order valence-corrected chi connectivity index (χ2v) is 11.4. The molecule has 0 aliphatic rings. The molecule has 0 unspecified atom stereocenters. The summed E-state index contributed by atoms with van der Waals surface area (Å²) in [7, 11) is -1.00. The molecule has 0 fully saturated rings. The Morgan fingerprint density at radius 1 is 0.524 bits per heavy atom. The third kappa shape index (κ3) is 27.4. The number of hydrogen-bond acceptors (Lipinski definition) is 5. The van der Waals surface area contributed by atoms with Crippen LogP contribution >= 0.6 is 0 Å². The number of aliphatic hydroxyl groups excluding tert-OH is 1. The van der Waals surface area contributed by atoms with Gasteiger partial charge in [0, 0.05) is 23.7 Å². The highest BCUT2D eigenvalue weighted by Crippen LogP contribution is 2.21. The number of alkyl halides is 1. The molecule has 0 heterocycles. The molecule has 0 amide bonds. The summed E-state index contributed by atoms with van der Waals surface area (Å²) in [5.41, 5.74) is 0. The molecule has 1 N–H and O–H groups in total. The molecule has 0 rings (SSSR count). The molecule has 252 valence electrons. The summed E-state index contributed by atoms with van der Waals surface area (Å²) < 4.78 is 15.5. The second kappa shape index (κ2) is 35.8. The van der Waals surface area contributed by atoms with Crippen LogP contribution in [0, 0.1) is 23.7 Å². The highest BCUT2D eigenvalue weighted by atomic mass is 19.1. The smallest absolute Gasteiger partial charge is 0.161 e. The van der Waals surface area contributed by atoms with E-state index in [-0.39, 0.29) is 48.1 Å². The number of aliphatic hydroxyl groups is 1. The maximum atomic E-state index is 12.2. The van der Waals surface area contributed by atoms with Crippen molar-refractivity contribution >= 4 is 23.1 Å². The minimum atomic E-state index is -1.00. The van der Waals surface area contributed by atoms with Gasteiger partial charge < -0.3 is 5.11 Å². The maximum Gasteiger partial charge on any atom is 0.161 e. The normalized spacial score (nSPS) is 10.8. The van der Waals surface area contributed by atoms with E-state index in [0.29, 0.717) is 11.7 Å². The van der Waals surface area contributed by atoms with Crippen LogP contribution in [0.3, 0.4) is 0 Å². The van der Waals surface area contributed by atoms with Gasteiger partial charge in [-0.2, -0.15) is 0 Å². The van der Waals surface area contributed by atoms with Crippen LogP contribution in [-0.4, -0.2) is 42.0 Å². The van der Waals surface area contributed by atoms with Crippen molar-refractivity contribution in [3.05, 3.63) is 0 Å². The first kappa shape index (κ1) is 45.0. The Labute approximate surface area is 262 Å². The molecule has 0 saturated heterocycles. The van der Waals surface area contributed by atoms with E-state index >= 15 is 0 Å². The molecule has 0 aromatic carbocycles. The Hall–Kier alpha value is -1.43. The summed E-state index contributed by atoms with van der Waals surface area (Å²) in [4.78, 5) is 46.4. The first-order valence-corrected chi connectivity index (χ1v) is 17.0. The molecule has 5 nitrogen and oxygen atoms in total. The van der Waals surface area contributed by atoms with E-state index in [9.17, 15) is 23.6 Å². The number of rotatable bonds is 23. The van der Waals surface area contributed by atoms with Crippen molar-refractivity contribution in [3.63, 3.8) is 0 Å². The van der Waals surface area contributed by atoms with Crippen molar-refractivity contribution < 1.29 is 30.0 Å². The molecule has 42 heavy (non-hydrogen) atoms. The first-order chi connectivity index (χ1) is 20.5. The Morgan fingerprint density at radius 3 is 0.929 bits per heavy atom. The van der Waals surface area contributed by atoms with Crippen LogP contribution < -0.4 is 0 Å². The lowest BCUT2D eigenvalue weighted by molar-refractivity contribution is -0.132. The lowest BCUT2D eigenvalue weighted by Crippen LogP contribution is -2.23. The Kier molecular flexibility index (Phi) is 38.3. The summed E-state index contributed by atoms with van der Waals surface area (Å²) >= 11 is 0. The summed E-state index contributed by atoms with van der Waals surface area (Å²) in [6.07, 6.45) is 16.3. The molecule has 0 aromatic heterocycles. The van der Waals surface area contributed by atoms with Crippen molar-refractivity contribution in [3.8, 4) is 0 Å². The van der Waals surface area contributed by atoms with Crippen LogP contribution in [0.5, 0.6) is 0 Å². The fraction of sp³-hybridized carbons (Fsp3) is 0.889. The van der Waals surface area contributed by atoms with Gasteiger partial charge >= 0.3 is 0 Å². The summed E-state index contributed by atoms with van der Waals surface area (Å²) in [5.74, 6) is 1.42. The molecule has 0 bridgehead atoms. The van der Waals surface area contributed by atoms with Gasteiger partial charge in [0.05, 0.1) is 14.9 Å². The third-order valence-corrected chi connectivity index (χ3v) is 7.54. The van der Waals surface area contributed by atoms with E-state index in [2.05, 4.69) is 55.4 Å². The van der Waals surface area contributed by atoms with E-state index in [1.807, 2.05) is 0 Å². The van der Waals surface area contributed by atoms with Crippen LogP contribution in [-0.2, 0) is 19.2 Å². The van der Waals surface area contributed by atoms with Gasteiger partial charge in [-0.3, -0.25) is 23.6 Å². The lowest BCUT2D eigenvalue weighted by Gasteiger charge is -2.17. The highest BCUT2D eigenvalue weighted by Gasteiger charge is 2.24. The number of ketones is 4. The lowest BCUT2D eigenvalue weighted by atomic mass is 9.86. The first-order valence-electron chi connectivity index (χ1n) is 17.7. The van der Waals surface area contributed by atoms with Crippen LogP contribution in [0.25, 0.3) is 0 Å². The molecule has 6 heteroatoms. The number of halogens is 1. The van der Waals surface area contributed by atoms with Gasteiger partial charge in [-0.1, -0.05) is 107 Å². The fourth-order valence-corrected chi connectivity index (χ4v) is 5.33. The number of carbonyl (C=O) groups excluding carboxylic acids is 4. The summed E-state index contributed by atoms with van der Waals surface area (Å²) in [6.45, 7) is 18.2. The van der Waals surface area contributed by atoms with Gasteiger partial charge in [0.15, 0.2) is 5.78 Å². The minimum Gasteiger partial charge on any atom is -0.389 e. The molecule has 0 aliphatic carbocycles. The van der Waals surface area contributed by atoms with Gasteiger partial charge in [-0.15, -0.1) is 0 Å². The summed E-state index contributed by atoms with van der Waals surface area (Å²) in [5, 5.41) is 8.61. The molecule has 0 spiro atoms. The molecule has 0 radical (unpaired) electrons. The zero-order valence-corrected chi connectivity index (χ0v) is 29.2. The largest absolute Gasteiger partial charge is 0.389 e. The number of hydrogen-bond donors (Lipinski definition) is 1. The van der Waals surface area contributed by atoms with E-state index in [1.165, 1.54) is 0 Å². The van der Waals surface area contributed by atoms with Gasteiger partial charge in [0.1, 0.15) is 24.0 Å². The topological polar surface area (TPSA) is 88.5 Å². The van der Waals surface area contributed by atoms with Crippen molar-refractivity contribution in [1.29, 1.82) is 0 Å². The Morgan fingerprint density at radius 2 is 0.738 bits per heavy atom. The van der Waals surface area contributed by atoms with Crippen LogP contribution in [0.1, 0.15) is 173 Å². The van der Waals surface area contributed by atoms with Crippen LogP contribution in [0.15, 0.2) is 0 Å². The average Bonchev–Trinajstić information content (AvgIpc) is 2.97. The Balaban J connectivity index is -0.000000270. The number of Topliss-reactive ketones (excluding diaryl/α,β-unsaturated/α-hetero) is 4. The molecular formula is C36H71FO5. The third-order valence-electron chi connectivity index (χ3n) is 7.54. The number of carbonyl (C=O) groups is 4. The van der Waals surface area contributed by atoms with E-state index in [4.69, 9.17) is 6.48 Å². The monoisotopic (exact) mass is 604 g/mol. The molecular weight excluding hydrogens is 531 g/mol.